The molecule has 30 heavy (non-hydrogen) atoms. The van der Waals surface area contributed by atoms with E-state index in [0.29, 0.717) is 18.8 Å². The van der Waals surface area contributed by atoms with Crippen molar-refractivity contribution in [2.75, 3.05) is 25.0 Å². The molecule has 0 bridgehead atoms. The van der Waals surface area contributed by atoms with Crippen LogP contribution in [0.25, 0.3) is 0 Å². The number of rotatable bonds is 6. The third-order valence-electron chi connectivity index (χ3n) is 4.56. The number of esters is 1. The molecular formula is C20H20ClFN2O5S. The maximum Gasteiger partial charge on any atom is 0.338 e. The Bertz CT molecular complexity index is 1040. The predicted octanol–water partition coefficient (Wildman–Crippen LogP) is 3.45. The summed E-state index contributed by atoms with van der Waals surface area (Å²) in [4.78, 5) is 24.1. The molecule has 0 aromatic heterocycles. The first-order valence-electron chi connectivity index (χ1n) is 9.29. The summed E-state index contributed by atoms with van der Waals surface area (Å²) >= 11 is 6.08. The van der Waals surface area contributed by atoms with Crippen molar-refractivity contribution in [2.24, 2.45) is 0 Å². The first-order valence-corrected chi connectivity index (χ1v) is 11.1. The van der Waals surface area contributed by atoms with E-state index < -0.39 is 34.3 Å². The lowest BCUT2D eigenvalue weighted by Gasteiger charge is -2.26. The predicted molar refractivity (Wildman–Crippen MR) is 109 cm³/mol. The second kappa shape index (κ2) is 9.55. The molecule has 0 saturated carbocycles. The number of benzene rings is 2. The zero-order valence-corrected chi connectivity index (χ0v) is 17.5. The summed E-state index contributed by atoms with van der Waals surface area (Å²) in [5, 5.41) is 2.46. The van der Waals surface area contributed by atoms with Gasteiger partial charge >= 0.3 is 5.97 Å². The average molecular weight is 455 g/mol. The summed E-state index contributed by atoms with van der Waals surface area (Å²) in [5.74, 6) is -1.93. The number of carbonyl (C=O) groups is 2. The molecule has 1 heterocycles. The Morgan fingerprint density at radius 3 is 2.40 bits per heavy atom. The Labute approximate surface area is 178 Å². The molecule has 0 radical (unpaired) electrons. The highest BCUT2D eigenvalue weighted by molar-refractivity contribution is 7.89. The van der Waals surface area contributed by atoms with Crippen LogP contribution >= 0.6 is 11.6 Å². The van der Waals surface area contributed by atoms with Gasteiger partial charge in [-0.05, 0) is 55.3 Å². The Morgan fingerprint density at radius 2 is 1.73 bits per heavy atom. The number of hydrogen-bond donors (Lipinski definition) is 1. The molecule has 1 aliphatic heterocycles. The standard InChI is InChI=1S/C20H20ClFN2O5S/c21-17-9-4-14(12-18(17)30(27,28)24-10-2-1-3-11-24)20(26)29-13-19(25)23-16-7-5-15(22)6-8-16/h4-9,12H,1-3,10-11,13H2,(H,23,25). The van der Waals surface area contributed by atoms with Gasteiger partial charge in [-0.15, -0.1) is 0 Å². The third kappa shape index (κ3) is 5.35. The number of amides is 1. The third-order valence-corrected chi connectivity index (χ3v) is 6.94. The first-order chi connectivity index (χ1) is 14.3. The van der Waals surface area contributed by atoms with E-state index in [2.05, 4.69) is 5.32 Å². The van der Waals surface area contributed by atoms with Crippen LogP contribution in [0.5, 0.6) is 0 Å². The van der Waals surface area contributed by atoms with Gasteiger partial charge in [0.05, 0.1) is 10.6 Å². The summed E-state index contributed by atoms with van der Waals surface area (Å²) in [6.07, 6.45) is 2.50. The molecular weight excluding hydrogens is 435 g/mol. The molecule has 1 aliphatic rings. The molecule has 1 amide bonds. The quantitative estimate of drug-likeness (QED) is 0.675. The molecule has 0 spiro atoms. The van der Waals surface area contributed by atoms with Gasteiger partial charge < -0.3 is 10.1 Å². The fourth-order valence-corrected chi connectivity index (χ4v) is 5.03. The average Bonchev–Trinajstić information content (AvgIpc) is 2.74. The van der Waals surface area contributed by atoms with Crippen LogP contribution in [-0.4, -0.2) is 44.3 Å². The van der Waals surface area contributed by atoms with Crippen molar-refractivity contribution < 1.29 is 27.1 Å². The minimum absolute atomic E-state index is 0.00572. The maximum absolute atomic E-state index is 12.9. The minimum atomic E-state index is -3.84. The van der Waals surface area contributed by atoms with Gasteiger partial charge in [-0.1, -0.05) is 18.0 Å². The zero-order valence-electron chi connectivity index (χ0n) is 15.9. The van der Waals surface area contributed by atoms with Gasteiger partial charge in [0, 0.05) is 18.8 Å². The van der Waals surface area contributed by atoms with E-state index in [-0.39, 0.29) is 15.5 Å². The topological polar surface area (TPSA) is 92.8 Å². The molecule has 0 aliphatic carbocycles. The Hall–Kier alpha value is -2.49. The van der Waals surface area contributed by atoms with E-state index in [1.54, 1.807) is 0 Å². The lowest BCUT2D eigenvalue weighted by Crippen LogP contribution is -2.35. The number of carbonyl (C=O) groups excluding carboxylic acids is 2. The van der Waals surface area contributed by atoms with Crippen molar-refractivity contribution in [1.29, 1.82) is 0 Å². The lowest BCUT2D eigenvalue weighted by molar-refractivity contribution is -0.119. The molecule has 0 atom stereocenters. The van der Waals surface area contributed by atoms with Crippen molar-refractivity contribution >= 4 is 39.2 Å². The second-order valence-electron chi connectivity index (χ2n) is 6.74. The monoisotopic (exact) mass is 454 g/mol. The molecule has 7 nitrogen and oxygen atoms in total. The first kappa shape index (κ1) is 22.2. The van der Waals surface area contributed by atoms with E-state index in [1.165, 1.54) is 40.7 Å². The van der Waals surface area contributed by atoms with Crippen molar-refractivity contribution in [2.45, 2.75) is 24.2 Å². The summed E-state index contributed by atoms with van der Waals surface area (Å²) in [6.45, 7) is 0.209. The summed E-state index contributed by atoms with van der Waals surface area (Å²) in [5.41, 5.74) is 0.309. The van der Waals surface area contributed by atoms with Gasteiger partial charge in [-0.25, -0.2) is 17.6 Å². The van der Waals surface area contributed by atoms with Crippen LogP contribution in [0.4, 0.5) is 10.1 Å². The molecule has 2 aromatic rings. The number of piperidine rings is 1. The van der Waals surface area contributed by atoms with Crippen molar-refractivity contribution in [1.82, 2.24) is 4.31 Å². The number of nitrogens with zero attached hydrogens (tertiary/aromatic N) is 1. The van der Waals surface area contributed by atoms with E-state index in [9.17, 15) is 22.4 Å². The smallest absolute Gasteiger partial charge is 0.338 e. The largest absolute Gasteiger partial charge is 0.452 e. The van der Waals surface area contributed by atoms with Crippen LogP contribution in [0.1, 0.15) is 29.6 Å². The van der Waals surface area contributed by atoms with Crippen LogP contribution in [0, 0.1) is 5.82 Å². The second-order valence-corrected chi connectivity index (χ2v) is 9.05. The molecule has 0 unspecified atom stereocenters. The number of anilines is 1. The summed E-state index contributed by atoms with van der Waals surface area (Å²) in [7, 11) is -3.84. The molecule has 1 fully saturated rings. The summed E-state index contributed by atoms with van der Waals surface area (Å²) < 4.78 is 45.0. The van der Waals surface area contributed by atoms with Crippen molar-refractivity contribution in [3.05, 3.63) is 58.9 Å². The van der Waals surface area contributed by atoms with Gasteiger partial charge in [0.15, 0.2) is 6.61 Å². The SMILES string of the molecule is O=C(COC(=O)c1ccc(Cl)c(S(=O)(=O)N2CCCCC2)c1)Nc1ccc(F)cc1. The molecule has 1 saturated heterocycles. The van der Waals surface area contributed by atoms with Crippen LogP contribution < -0.4 is 5.32 Å². The van der Waals surface area contributed by atoms with E-state index >= 15 is 0 Å². The number of nitrogens with one attached hydrogen (secondary N) is 1. The number of hydrogen-bond acceptors (Lipinski definition) is 5. The van der Waals surface area contributed by atoms with Crippen LogP contribution in [0.3, 0.4) is 0 Å². The van der Waals surface area contributed by atoms with Gasteiger partial charge in [0.2, 0.25) is 10.0 Å². The molecule has 10 heteroatoms. The lowest BCUT2D eigenvalue weighted by atomic mass is 10.2. The normalized spacial score (nSPS) is 14.9. The Balaban J connectivity index is 1.67. The van der Waals surface area contributed by atoms with Crippen LogP contribution in [-0.2, 0) is 19.6 Å². The van der Waals surface area contributed by atoms with Gasteiger partial charge in [0.1, 0.15) is 10.7 Å². The van der Waals surface area contributed by atoms with Crippen molar-refractivity contribution in [3.63, 3.8) is 0 Å². The van der Waals surface area contributed by atoms with E-state index in [4.69, 9.17) is 16.3 Å². The Kier molecular flexibility index (Phi) is 7.06. The molecule has 1 N–H and O–H groups in total. The Morgan fingerprint density at radius 1 is 1.07 bits per heavy atom. The van der Waals surface area contributed by atoms with Gasteiger partial charge in [-0.3, -0.25) is 4.79 Å². The van der Waals surface area contributed by atoms with E-state index in [0.717, 1.165) is 25.3 Å². The molecule has 2 aromatic carbocycles. The van der Waals surface area contributed by atoms with Crippen LogP contribution in [0.15, 0.2) is 47.4 Å². The van der Waals surface area contributed by atoms with Crippen molar-refractivity contribution in [3.8, 4) is 0 Å². The molecule has 3 rings (SSSR count). The minimum Gasteiger partial charge on any atom is -0.452 e. The highest BCUT2D eigenvalue weighted by Gasteiger charge is 2.29. The highest BCUT2D eigenvalue weighted by Crippen LogP contribution is 2.28. The van der Waals surface area contributed by atoms with Gasteiger partial charge in [-0.2, -0.15) is 4.31 Å². The number of sulfonamides is 1. The van der Waals surface area contributed by atoms with E-state index in [1.807, 2.05) is 0 Å². The number of halogens is 2. The highest BCUT2D eigenvalue weighted by atomic mass is 35.5. The number of ether oxygens (including phenoxy) is 1. The van der Waals surface area contributed by atoms with Gasteiger partial charge in [0.25, 0.3) is 5.91 Å². The summed E-state index contributed by atoms with van der Waals surface area (Å²) in [6, 6.07) is 8.90. The zero-order chi connectivity index (χ0) is 21.7. The fourth-order valence-electron chi connectivity index (χ4n) is 3.02. The molecule has 160 valence electrons. The maximum atomic E-state index is 12.9. The van der Waals surface area contributed by atoms with Crippen LogP contribution in [0.2, 0.25) is 5.02 Å². The fraction of sp³-hybridized carbons (Fsp3) is 0.300.